The first-order valence-electron chi connectivity index (χ1n) is 9.40. The molecule has 5 nitrogen and oxygen atoms in total. The third-order valence-corrected chi connectivity index (χ3v) is 5.79. The van der Waals surface area contributed by atoms with Crippen LogP contribution in [0.15, 0.2) is 83.8 Å². The summed E-state index contributed by atoms with van der Waals surface area (Å²) in [6.45, 7) is 4.07. The largest absolute Gasteiger partial charge is 0.350 e. The first-order valence-corrected chi connectivity index (χ1v) is 10.9. The van der Waals surface area contributed by atoms with Crippen molar-refractivity contribution >= 4 is 15.9 Å². The molecule has 0 aliphatic rings. The Bertz CT molecular complexity index is 1060. The van der Waals surface area contributed by atoms with Crippen molar-refractivity contribution in [3.8, 4) is 11.1 Å². The summed E-state index contributed by atoms with van der Waals surface area (Å²) in [6, 6.07) is 23.4. The first kappa shape index (κ1) is 20.8. The number of sulfonamides is 1. The minimum atomic E-state index is -3.59. The summed E-state index contributed by atoms with van der Waals surface area (Å²) < 4.78 is 27.6. The van der Waals surface area contributed by atoms with E-state index in [0.29, 0.717) is 5.56 Å². The summed E-state index contributed by atoms with van der Waals surface area (Å²) in [6.07, 6.45) is 0. The summed E-state index contributed by atoms with van der Waals surface area (Å²) in [5.41, 5.74) is 3.27. The molecular weight excluding hydrogens is 384 g/mol. The average molecular weight is 409 g/mol. The number of nitrogens with one attached hydrogen (secondary N) is 2. The summed E-state index contributed by atoms with van der Waals surface area (Å²) in [5.74, 6) is -0.113. The van der Waals surface area contributed by atoms with E-state index in [4.69, 9.17) is 0 Å². The predicted molar refractivity (Wildman–Crippen MR) is 115 cm³/mol. The van der Waals surface area contributed by atoms with E-state index in [1.165, 1.54) is 0 Å². The Balaban J connectivity index is 1.70. The van der Waals surface area contributed by atoms with E-state index in [2.05, 4.69) is 10.0 Å². The van der Waals surface area contributed by atoms with Gasteiger partial charge in [-0.1, -0.05) is 54.6 Å². The Morgan fingerprint density at radius 3 is 1.93 bits per heavy atom. The Hall–Kier alpha value is -2.96. The van der Waals surface area contributed by atoms with Gasteiger partial charge in [0, 0.05) is 18.2 Å². The maximum absolute atomic E-state index is 12.5. The lowest BCUT2D eigenvalue weighted by atomic mass is 10.0. The topological polar surface area (TPSA) is 75.3 Å². The lowest BCUT2D eigenvalue weighted by Gasteiger charge is -2.10. The van der Waals surface area contributed by atoms with Crippen molar-refractivity contribution in [1.29, 1.82) is 0 Å². The molecule has 2 N–H and O–H groups in total. The number of carbonyl (C=O) groups excluding carboxylic acids is 1. The first-order chi connectivity index (χ1) is 13.8. The van der Waals surface area contributed by atoms with E-state index in [0.717, 1.165) is 16.7 Å². The molecule has 1 amide bonds. The van der Waals surface area contributed by atoms with Crippen LogP contribution in [0, 0.1) is 0 Å². The van der Waals surface area contributed by atoms with Crippen LogP contribution in [0.4, 0.5) is 0 Å². The van der Waals surface area contributed by atoms with Gasteiger partial charge < -0.3 is 5.32 Å². The summed E-state index contributed by atoms with van der Waals surface area (Å²) in [5, 5.41) is 2.85. The monoisotopic (exact) mass is 408 g/mol. The number of amides is 1. The lowest BCUT2D eigenvalue weighted by Crippen LogP contribution is -2.29. The SMILES string of the molecule is CC(C)NC(=O)c1ccc(-c2ccc(S(=O)(=O)NCc3ccccc3)cc2)cc1. The summed E-state index contributed by atoms with van der Waals surface area (Å²) in [4.78, 5) is 12.3. The molecule has 0 saturated heterocycles. The minimum absolute atomic E-state index is 0.0761. The molecule has 29 heavy (non-hydrogen) atoms. The molecule has 0 aromatic heterocycles. The molecule has 0 radical (unpaired) electrons. The van der Waals surface area contributed by atoms with Crippen LogP contribution in [0.25, 0.3) is 11.1 Å². The maximum Gasteiger partial charge on any atom is 0.251 e. The molecule has 3 rings (SSSR count). The van der Waals surface area contributed by atoms with E-state index < -0.39 is 10.0 Å². The van der Waals surface area contributed by atoms with Gasteiger partial charge in [0.05, 0.1) is 4.90 Å². The highest BCUT2D eigenvalue weighted by molar-refractivity contribution is 7.89. The zero-order valence-electron chi connectivity index (χ0n) is 16.4. The number of hydrogen-bond donors (Lipinski definition) is 2. The molecule has 3 aromatic carbocycles. The van der Waals surface area contributed by atoms with Crippen molar-refractivity contribution in [3.05, 3.63) is 90.0 Å². The average Bonchev–Trinajstić information content (AvgIpc) is 2.73. The maximum atomic E-state index is 12.5. The molecule has 0 heterocycles. The van der Waals surface area contributed by atoms with Crippen LogP contribution in [-0.4, -0.2) is 20.4 Å². The van der Waals surface area contributed by atoms with Crippen molar-refractivity contribution < 1.29 is 13.2 Å². The second kappa shape index (κ2) is 9.03. The normalized spacial score (nSPS) is 11.4. The van der Waals surface area contributed by atoms with Gasteiger partial charge in [-0.15, -0.1) is 0 Å². The fourth-order valence-corrected chi connectivity index (χ4v) is 3.86. The van der Waals surface area contributed by atoms with Gasteiger partial charge in [-0.05, 0) is 54.8 Å². The van der Waals surface area contributed by atoms with Crippen LogP contribution >= 0.6 is 0 Å². The number of benzene rings is 3. The molecular formula is C23H24N2O3S. The van der Waals surface area contributed by atoms with Crippen molar-refractivity contribution in [2.75, 3.05) is 0 Å². The quantitative estimate of drug-likeness (QED) is 0.621. The van der Waals surface area contributed by atoms with E-state index in [-0.39, 0.29) is 23.4 Å². The van der Waals surface area contributed by atoms with Gasteiger partial charge >= 0.3 is 0 Å². The zero-order valence-corrected chi connectivity index (χ0v) is 17.2. The fraction of sp³-hybridized carbons (Fsp3) is 0.174. The molecule has 3 aromatic rings. The van der Waals surface area contributed by atoms with Gasteiger partial charge in [-0.2, -0.15) is 0 Å². The van der Waals surface area contributed by atoms with Crippen LogP contribution in [-0.2, 0) is 16.6 Å². The van der Waals surface area contributed by atoms with Crippen LogP contribution in [0.3, 0.4) is 0 Å². The van der Waals surface area contributed by atoms with Gasteiger partial charge in [0.2, 0.25) is 10.0 Å². The minimum Gasteiger partial charge on any atom is -0.350 e. The molecule has 0 saturated carbocycles. The van der Waals surface area contributed by atoms with Crippen molar-refractivity contribution in [2.45, 2.75) is 31.3 Å². The molecule has 0 aliphatic carbocycles. The molecule has 0 spiro atoms. The van der Waals surface area contributed by atoms with Crippen LogP contribution in [0.5, 0.6) is 0 Å². The Labute approximate surface area is 171 Å². The molecule has 0 bridgehead atoms. The van der Waals surface area contributed by atoms with E-state index in [1.54, 1.807) is 36.4 Å². The van der Waals surface area contributed by atoms with Crippen molar-refractivity contribution in [2.24, 2.45) is 0 Å². The Morgan fingerprint density at radius 1 is 0.828 bits per heavy atom. The third-order valence-electron chi connectivity index (χ3n) is 4.37. The van der Waals surface area contributed by atoms with Crippen molar-refractivity contribution in [1.82, 2.24) is 10.0 Å². The molecule has 6 heteroatoms. The van der Waals surface area contributed by atoms with Gasteiger partial charge in [-0.25, -0.2) is 13.1 Å². The fourth-order valence-electron chi connectivity index (χ4n) is 2.84. The smallest absolute Gasteiger partial charge is 0.251 e. The highest BCUT2D eigenvalue weighted by Crippen LogP contribution is 2.22. The van der Waals surface area contributed by atoms with Crippen molar-refractivity contribution in [3.63, 3.8) is 0 Å². The molecule has 0 fully saturated rings. The standard InChI is InChI=1S/C23H24N2O3S/c1-17(2)25-23(26)21-10-8-19(9-11-21)20-12-14-22(15-13-20)29(27,28)24-16-18-6-4-3-5-7-18/h3-15,17,24H,16H2,1-2H3,(H,25,26). The molecule has 150 valence electrons. The Morgan fingerprint density at radius 2 is 1.38 bits per heavy atom. The predicted octanol–water partition coefficient (Wildman–Crippen LogP) is 3.97. The lowest BCUT2D eigenvalue weighted by molar-refractivity contribution is 0.0943. The van der Waals surface area contributed by atoms with E-state index in [9.17, 15) is 13.2 Å². The third kappa shape index (κ3) is 5.53. The molecule has 0 atom stereocenters. The number of rotatable bonds is 7. The van der Waals surface area contributed by atoms with Gasteiger partial charge in [-0.3, -0.25) is 4.79 Å². The second-order valence-electron chi connectivity index (χ2n) is 7.04. The molecule has 0 aliphatic heterocycles. The highest BCUT2D eigenvalue weighted by Gasteiger charge is 2.14. The number of carbonyl (C=O) groups is 1. The van der Waals surface area contributed by atoms with Gasteiger partial charge in [0.25, 0.3) is 5.91 Å². The van der Waals surface area contributed by atoms with Crippen LogP contribution in [0.2, 0.25) is 0 Å². The van der Waals surface area contributed by atoms with Gasteiger partial charge in [0.1, 0.15) is 0 Å². The summed E-state index contributed by atoms with van der Waals surface area (Å²) in [7, 11) is -3.59. The van der Waals surface area contributed by atoms with E-state index in [1.807, 2.05) is 56.3 Å². The van der Waals surface area contributed by atoms with E-state index >= 15 is 0 Å². The molecule has 0 unspecified atom stereocenters. The second-order valence-corrected chi connectivity index (χ2v) is 8.81. The highest BCUT2D eigenvalue weighted by atomic mass is 32.2. The summed E-state index contributed by atoms with van der Waals surface area (Å²) >= 11 is 0. The Kier molecular flexibility index (Phi) is 6.46. The van der Waals surface area contributed by atoms with Gasteiger partial charge in [0.15, 0.2) is 0 Å². The zero-order chi connectivity index (χ0) is 20.9. The number of hydrogen-bond acceptors (Lipinski definition) is 3. The van der Waals surface area contributed by atoms with Crippen LogP contribution < -0.4 is 10.0 Å². The van der Waals surface area contributed by atoms with Crippen LogP contribution in [0.1, 0.15) is 29.8 Å².